The molecule has 224 valence electrons. The van der Waals surface area contributed by atoms with Gasteiger partial charge in [0.2, 0.25) is 12.4 Å². The molecule has 0 aliphatic carbocycles. The maximum absolute atomic E-state index is 13.2. The molecule has 4 aromatic rings. The van der Waals surface area contributed by atoms with Crippen LogP contribution in [0.5, 0.6) is 0 Å². The molecule has 4 aromatic carbocycles. The van der Waals surface area contributed by atoms with Gasteiger partial charge in [0, 0.05) is 0 Å². The van der Waals surface area contributed by atoms with Crippen molar-refractivity contribution in [2.75, 3.05) is 6.61 Å². The molecule has 0 bridgehead atoms. The van der Waals surface area contributed by atoms with Crippen molar-refractivity contribution in [3.63, 3.8) is 0 Å². The molecule has 0 radical (unpaired) electrons. The van der Waals surface area contributed by atoms with E-state index in [0.717, 1.165) is 0 Å². The summed E-state index contributed by atoms with van der Waals surface area (Å²) in [6.45, 7) is -0.507. The molecule has 1 saturated heterocycles. The molecule has 1 aliphatic heterocycles. The number of aliphatic hydroxyl groups excluding tert-OH is 1. The summed E-state index contributed by atoms with van der Waals surface area (Å²) in [5.74, 6) is -3.22. The van der Waals surface area contributed by atoms with Crippen LogP contribution in [0, 0.1) is 0 Å². The van der Waals surface area contributed by atoms with Gasteiger partial charge in [0.15, 0.2) is 6.10 Å². The van der Waals surface area contributed by atoms with Crippen LogP contribution < -0.4 is 0 Å². The number of hydrogen-bond acceptors (Lipinski definition) is 10. The highest BCUT2D eigenvalue weighted by molar-refractivity contribution is 5.91. The number of carbonyl (C=O) groups excluding carboxylic acids is 4. The smallest absolute Gasteiger partial charge is 0.340 e. The van der Waals surface area contributed by atoms with Gasteiger partial charge in [0.1, 0.15) is 18.8 Å². The van der Waals surface area contributed by atoms with E-state index in [1.165, 1.54) is 36.4 Å². The van der Waals surface area contributed by atoms with Gasteiger partial charge in [-0.05, 0) is 48.5 Å². The van der Waals surface area contributed by atoms with Crippen LogP contribution in [-0.2, 0) is 23.7 Å². The first-order valence-electron chi connectivity index (χ1n) is 13.7. The molecular formula is C34H28O10. The first-order chi connectivity index (χ1) is 21.4. The quantitative estimate of drug-likeness (QED) is 0.221. The Morgan fingerprint density at radius 2 is 0.886 bits per heavy atom. The highest BCUT2D eigenvalue weighted by Crippen LogP contribution is 2.30. The third-order valence-electron chi connectivity index (χ3n) is 6.74. The zero-order valence-electron chi connectivity index (χ0n) is 23.3. The van der Waals surface area contributed by atoms with Crippen LogP contribution in [0.3, 0.4) is 0 Å². The van der Waals surface area contributed by atoms with E-state index in [1.807, 2.05) is 0 Å². The number of benzene rings is 4. The van der Waals surface area contributed by atoms with E-state index in [4.69, 9.17) is 23.7 Å². The topological polar surface area (TPSA) is 135 Å². The molecular weight excluding hydrogens is 568 g/mol. The number of ether oxygens (including phenoxy) is 5. The molecule has 0 spiro atoms. The number of rotatable bonds is 9. The second-order valence-corrected chi connectivity index (χ2v) is 9.74. The normalized spacial score (nSPS) is 21.0. The fourth-order valence-electron chi connectivity index (χ4n) is 4.48. The molecule has 5 rings (SSSR count). The fraction of sp³-hybridized carbons (Fsp3) is 0.176. The van der Waals surface area contributed by atoms with E-state index < -0.39 is 61.2 Å². The Morgan fingerprint density at radius 1 is 0.523 bits per heavy atom. The van der Waals surface area contributed by atoms with Crippen molar-refractivity contribution in [3.8, 4) is 0 Å². The van der Waals surface area contributed by atoms with Gasteiger partial charge >= 0.3 is 23.9 Å². The van der Waals surface area contributed by atoms with Crippen molar-refractivity contribution >= 4 is 23.9 Å². The Balaban J connectivity index is 1.46. The highest BCUT2D eigenvalue weighted by atomic mass is 16.7. The number of hydrogen-bond donors (Lipinski definition) is 1. The third-order valence-corrected chi connectivity index (χ3v) is 6.74. The average Bonchev–Trinajstić information content (AvgIpc) is 3.08. The van der Waals surface area contributed by atoms with Crippen LogP contribution in [-0.4, -0.2) is 66.3 Å². The number of carbonyl (C=O) groups is 4. The minimum atomic E-state index is -1.67. The lowest BCUT2D eigenvalue weighted by Gasteiger charge is -2.42. The second-order valence-electron chi connectivity index (χ2n) is 9.74. The summed E-state index contributed by atoms with van der Waals surface area (Å²) in [5.41, 5.74) is 0.734. The Morgan fingerprint density at radius 3 is 1.32 bits per heavy atom. The van der Waals surface area contributed by atoms with Crippen molar-refractivity contribution in [2.45, 2.75) is 30.7 Å². The van der Waals surface area contributed by atoms with E-state index in [0.29, 0.717) is 0 Å². The van der Waals surface area contributed by atoms with Crippen molar-refractivity contribution < 1.29 is 48.0 Å². The minimum absolute atomic E-state index is 0.155. The van der Waals surface area contributed by atoms with Crippen LogP contribution in [0.1, 0.15) is 41.4 Å². The fourth-order valence-corrected chi connectivity index (χ4v) is 4.48. The largest absolute Gasteiger partial charge is 0.459 e. The molecule has 0 unspecified atom stereocenters. The number of esters is 4. The molecule has 1 aliphatic rings. The summed E-state index contributed by atoms with van der Waals surface area (Å²) in [6.07, 6.45) is -7.91. The van der Waals surface area contributed by atoms with E-state index in [1.54, 1.807) is 84.9 Å². The van der Waals surface area contributed by atoms with Crippen molar-refractivity contribution in [1.29, 1.82) is 0 Å². The van der Waals surface area contributed by atoms with Gasteiger partial charge < -0.3 is 28.8 Å². The van der Waals surface area contributed by atoms with Crippen LogP contribution in [0.15, 0.2) is 121 Å². The minimum Gasteiger partial charge on any atom is -0.459 e. The van der Waals surface area contributed by atoms with Gasteiger partial charge in [-0.1, -0.05) is 72.8 Å². The van der Waals surface area contributed by atoms with E-state index in [-0.39, 0.29) is 22.3 Å². The van der Waals surface area contributed by atoms with Gasteiger partial charge in [0.25, 0.3) is 0 Å². The molecule has 10 nitrogen and oxygen atoms in total. The maximum atomic E-state index is 13.2. The Hall–Kier alpha value is -5.32. The third kappa shape index (κ3) is 7.35. The summed E-state index contributed by atoms with van der Waals surface area (Å²) >= 11 is 0. The lowest BCUT2D eigenvalue weighted by atomic mass is 9.98. The maximum Gasteiger partial charge on any atom is 0.340 e. The monoisotopic (exact) mass is 596 g/mol. The SMILES string of the molecule is O=C(OC[C@H]1O[C@@H](OC(=O)c2ccccc2)[C@@H](OC(=O)c2ccccc2)[C@@H](OC(=O)c2ccccc2)[C@@H]1O)c1ccccc1. The predicted molar refractivity (Wildman–Crippen MR) is 155 cm³/mol. The zero-order valence-corrected chi connectivity index (χ0v) is 23.3. The lowest BCUT2D eigenvalue weighted by Crippen LogP contribution is -2.62. The molecule has 1 fully saturated rings. The van der Waals surface area contributed by atoms with E-state index in [2.05, 4.69) is 0 Å². The Labute approximate surface area is 252 Å². The Kier molecular flexibility index (Phi) is 9.75. The van der Waals surface area contributed by atoms with Crippen LogP contribution in [0.25, 0.3) is 0 Å². The van der Waals surface area contributed by atoms with Gasteiger partial charge in [-0.2, -0.15) is 0 Å². The molecule has 5 atom stereocenters. The van der Waals surface area contributed by atoms with E-state index in [9.17, 15) is 24.3 Å². The van der Waals surface area contributed by atoms with Crippen molar-refractivity contribution in [3.05, 3.63) is 144 Å². The molecule has 1 heterocycles. The zero-order chi connectivity index (χ0) is 30.9. The predicted octanol–water partition coefficient (Wildman–Crippen LogP) is 4.24. The first kappa shape index (κ1) is 30.1. The van der Waals surface area contributed by atoms with Crippen LogP contribution >= 0.6 is 0 Å². The molecule has 0 amide bonds. The van der Waals surface area contributed by atoms with Crippen molar-refractivity contribution in [1.82, 2.24) is 0 Å². The van der Waals surface area contributed by atoms with E-state index >= 15 is 0 Å². The van der Waals surface area contributed by atoms with Gasteiger partial charge in [0.05, 0.1) is 22.3 Å². The summed E-state index contributed by atoms with van der Waals surface area (Å²) in [7, 11) is 0. The van der Waals surface area contributed by atoms with Gasteiger partial charge in [-0.15, -0.1) is 0 Å². The second kappa shape index (κ2) is 14.2. The lowest BCUT2D eigenvalue weighted by molar-refractivity contribution is -0.283. The molecule has 1 N–H and O–H groups in total. The van der Waals surface area contributed by atoms with Gasteiger partial charge in [-0.3, -0.25) is 0 Å². The van der Waals surface area contributed by atoms with Gasteiger partial charge in [-0.25, -0.2) is 19.2 Å². The Bertz CT molecular complexity index is 1560. The van der Waals surface area contributed by atoms with Crippen molar-refractivity contribution in [2.24, 2.45) is 0 Å². The molecule has 0 aromatic heterocycles. The van der Waals surface area contributed by atoms with Crippen LogP contribution in [0.2, 0.25) is 0 Å². The molecule has 0 saturated carbocycles. The standard InChI is InChI=1S/C34H28O10/c35-27-26(21-40-30(36)22-13-5-1-6-14-22)41-34(44-33(39)25-19-11-4-12-20-25)29(43-32(38)24-17-9-3-10-18-24)28(27)42-31(37)23-15-7-2-8-16-23/h1-20,26-29,34-35H,21H2/t26-,27-,28+,29+,34+/m1/s1. The summed E-state index contributed by atoms with van der Waals surface area (Å²) < 4.78 is 28.3. The summed E-state index contributed by atoms with van der Waals surface area (Å²) in [4.78, 5) is 52.1. The average molecular weight is 597 g/mol. The van der Waals surface area contributed by atoms with Crippen LogP contribution in [0.4, 0.5) is 0 Å². The highest BCUT2D eigenvalue weighted by Gasteiger charge is 2.52. The first-order valence-corrected chi connectivity index (χ1v) is 13.7. The summed E-state index contributed by atoms with van der Waals surface area (Å²) in [6, 6.07) is 32.1. The number of aliphatic hydroxyl groups is 1. The summed E-state index contributed by atoms with van der Waals surface area (Å²) in [5, 5.41) is 11.4. The molecule has 44 heavy (non-hydrogen) atoms. The molecule has 10 heteroatoms.